The van der Waals surface area contributed by atoms with Crippen LogP contribution in [0.1, 0.15) is 13.3 Å². The minimum atomic E-state index is -0.930. The molecule has 0 aromatic carbocycles. The maximum Gasteiger partial charge on any atom is 0.308 e. The molecule has 1 aromatic rings. The number of pyridine rings is 1. The fourth-order valence-electron chi connectivity index (χ4n) is 1.36. The number of halogens is 1. The molecule has 0 aliphatic carbocycles. The molecule has 94 valence electrons. The number of rotatable bonds is 5. The van der Waals surface area contributed by atoms with E-state index in [2.05, 4.69) is 15.9 Å². The van der Waals surface area contributed by atoms with Crippen molar-refractivity contribution in [1.29, 1.82) is 0 Å². The predicted octanol–water partition coefficient (Wildman–Crippen LogP) is 0.925. The summed E-state index contributed by atoms with van der Waals surface area (Å²) in [6.07, 6.45) is 0.509. The third-order valence-corrected chi connectivity index (χ3v) is 2.69. The highest BCUT2D eigenvalue weighted by Crippen LogP contribution is 2.03. The van der Waals surface area contributed by atoms with Crippen LogP contribution in [-0.4, -0.2) is 28.4 Å². The van der Waals surface area contributed by atoms with Crippen LogP contribution in [0.4, 0.5) is 0 Å². The number of aliphatic hydroxyl groups excluding tert-OH is 1. The highest BCUT2D eigenvalue weighted by molar-refractivity contribution is 9.10. The van der Waals surface area contributed by atoms with Gasteiger partial charge in [-0.25, -0.2) is 0 Å². The SMILES string of the molecule is CCOC(=O)CC(O)Cn1cccc(Br)c1=O. The molecule has 0 fully saturated rings. The molecule has 0 amide bonds. The van der Waals surface area contributed by atoms with Crippen molar-refractivity contribution >= 4 is 21.9 Å². The van der Waals surface area contributed by atoms with Crippen molar-refractivity contribution in [3.63, 3.8) is 0 Å². The minimum Gasteiger partial charge on any atom is -0.466 e. The molecular formula is C11H14BrNO4. The summed E-state index contributed by atoms with van der Waals surface area (Å²) in [6.45, 7) is 2.04. The van der Waals surface area contributed by atoms with Crippen LogP contribution in [0.3, 0.4) is 0 Å². The van der Waals surface area contributed by atoms with Crippen molar-refractivity contribution in [3.05, 3.63) is 33.2 Å². The zero-order valence-corrected chi connectivity index (χ0v) is 11.0. The maximum absolute atomic E-state index is 11.6. The molecule has 17 heavy (non-hydrogen) atoms. The van der Waals surface area contributed by atoms with Gasteiger partial charge in [0.25, 0.3) is 5.56 Å². The lowest BCUT2D eigenvalue weighted by molar-refractivity contribution is -0.145. The van der Waals surface area contributed by atoms with Crippen molar-refractivity contribution in [1.82, 2.24) is 4.57 Å². The molecule has 1 atom stereocenters. The highest BCUT2D eigenvalue weighted by Gasteiger charge is 2.13. The first-order valence-electron chi connectivity index (χ1n) is 5.23. The van der Waals surface area contributed by atoms with Crippen LogP contribution < -0.4 is 5.56 Å². The van der Waals surface area contributed by atoms with E-state index >= 15 is 0 Å². The van der Waals surface area contributed by atoms with E-state index < -0.39 is 12.1 Å². The highest BCUT2D eigenvalue weighted by atomic mass is 79.9. The third kappa shape index (κ3) is 4.32. The topological polar surface area (TPSA) is 68.5 Å². The van der Waals surface area contributed by atoms with Gasteiger partial charge in [-0.2, -0.15) is 0 Å². The van der Waals surface area contributed by atoms with Crippen LogP contribution in [0.5, 0.6) is 0 Å². The summed E-state index contributed by atoms with van der Waals surface area (Å²) in [5.74, 6) is -0.469. The first-order chi connectivity index (χ1) is 8.04. The van der Waals surface area contributed by atoms with E-state index in [9.17, 15) is 14.7 Å². The van der Waals surface area contributed by atoms with Crippen LogP contribution in [-0.2, 0) is 16.1 Å². The second-order valence-electron chi connectivity index (χ2n) is 3.48. The van der Waals surface area contributed by atoms with E-state index in [1.807, 2.05) is 0 Å². The van der Waals surface area contributed by atoms with E-state index in [-0.39, 0.29) is 25.1 Å². The molecule has 0 aliphatic heterocycles. The maximum atomic E-state index is 11.6. The third-order valence-electron chi connectivity index (χ3n) is 2.09. The standard InChI is InChI=1S/C11H14BrNO4/c1-2-17-10(15)6-8(14)7-13-5-3-4-9(12)11(13)16/h3-5,8,14H,2,6-7H2,1H3. The average Bonchev–Trinajstić information content (AvgIpc) is 2.25. The summed E-state index contributed by atoms with van der Waals surface area (Å²) in [4.78, 5) is 22.7. The van der Waals surface area contributed by atoms with Gasteiger partial charge in [0.05, 0.1) is 30.1 Å². The van der Waals surface area contributed by atoms with Crippen molar-refractivity contribution in [2.75, 3.05) is 6.61 Å². The molecule has 5 nitrogen and oxygen atoms in total. The van der Waals surface area contributed by atoms with E-state index in [4.69, 9.17) is 4.74 Å². The lowest BCUT2D eigenvalue weighted by atomic mass is 10.2. The lowest BCUT2D eigenvalue weighted by Gasteiger charge is -2.11. The Balaban J connectivity index is 2.62. The largest absolute Gasteiger partial charge is 0.466 e. The Morgan fingerprint density at radius 2 is 2.35 bits per heavy atom. The van der Waals surface area contributed by atoms with Gasteiger partial charge in [-0.15, -0.1) is 0 Å². The number of ether oxygens (including phenoxy) is 1. The Morgan fingerprint density at radius 1 is 1.65 bits per heavy atom. The number of esters is 1. The number of aliphatic hydroxyl groups is 1. The smallest absolute Gasteiger partial charge is 0.308 e. The van der Waals surface area contributed by atoms with Crippen molar-refractivity contribution < 1.29 is 14.6 Å². The molecule has 1 heterocycles. The summed E-state index contributed by atoms with van der Waals surface area (Å²) >= 11 is 3.11. The number of hydrogen-bond acceptors (Lipinski definition) is 4. The fourth-order valence-corrected chi connectivity index (χ4v) is 1.74. The molecular weight excluding hydrogens is 290 g/mol. The summed E-state index contributed by atoms with van der Waals surface area (Å²) in [7, 11) is 0. The Kier molecular flexibility index (Phi) is 5.37. The van der Waals surface area contributed by atoms with Gasteiger partial charge in [0.1, 0.15) is 0 Å². The van der Waals surface area contributed by atoms with Crippen LogP contribution >= 0.6 is 15.9 Å². The Bertz CT molecular complexity index is 443. The molecule has 0 radical (unpaired) electrons. The van der Waals surface area contributed by atoms with Crippen molar-refractivity contribution in [2.24, 2.45) is 0 Å². The number of aromatic nitrogens is 1. The van der Waals surface area contributed by atoms with E-state index in [1.165, 1.54) is 4.57 Å². The molecule has 0 aliphatic rings. The van der Waals surface area contributed by atoms with Gasteiger partial charge in [-0.1, -0.05) is 0 Å². The summed E-state index contributed by atoms with van der Waals surface area (Å²) < 4.78 is 6.47. The Morgan fingerprint density at radius 3 is 3.00 bits per heavy atom. The Hall–Kier alpha value is -1.14. The molecule has 0 bridgehead atoms. The molecule has 1 aromatic heterocycles. The van der Waals surface area contributed by atoms with Gasteiger partial charge in [-0.3, -0.25) is 9.59 Å². The molecule has 1 rings (SSSR count). The van der Waals surface area contributed by atoms with Gasteiger partial charge in [0, 0.05) is 6.20 Å². The monoisotopic (exact) mass is 303 g/mol. The summed E-state index contributed by atoms with van der Waals surface area (Å²) in [5.41, 5.74) is -0.240. The molecule has 0 saturated carbocycles. The van der Waals surface area contributed by atoms with Crippen molar-refractivity contribution in [3.8, 4) is 0 Å². The zero-order chi connectivity index (χ0) is 12.8. The summed E-state index contributed by atoms with van der Waals surface area (Å²) in [5, 5.41) is 9.64. The molecule has 0 spiro atoms. The molecule has 1 unspecified atom stereocenters. The second kappa shape index (κ2) is 6.56. The average molecular weight is 304 g/mol. The normalized spacial score (nSPS) is 12.2. The number of hydrogen-bond donors (Lipinski definition) is 1. The molecule has 6 heteroatoms. The minimum absolute atomic E-state index is 0.0666. The lowest BCUT2D eigenvalue weighted by Crippen LogP contribution is -2.28. The number of carbonyl (C=O) groups excluding carboxylic acids is 1. The van der Waals surface area contributed by atoms with E-state index in [1.54, 1.807) is 25.3 Å². The van der Waals surface area contributed by atoms with Crippen LogP contribution in [0.25, 0.3) is 0 Å². The predicted molar refractivity (Wildman–Crippen MR) is 65.7 cm³/mol. The van der Waals surface area contributed by atoms with Gasteiger partial charge in [0.2, 0.25) is 0 Å². The van der Waals surface area contributed by atoms with E-state index in [0.717, 1.165) is 0 Å². The van der Waals surface area contributed by atoms with Crippen molar-refractivity contribution in [2.45, 2.75) is 26.0 Å². The quantitative estimate of drug-likeness (QED) is 0.822. The van der Waals surface area contributed by atoms with Crippen LogP contribution in [0.2, 0.25) is 0 Å². The summed E-state index contributed by atoms with van der Waals surface area (Å²) in [6, 6.07) is 3.30. The Labute approximate surface area is 107 Å². The van der Waals surface area contributed by atoms with Crippen LogP contribution in [0.15, 0.2) is 27.6 Å². The first kappa shape index (κ1) is 13.9. The second-order valence-corrected chi connectivity index (χ2v) is 4.33. The zero-order valence-electron chi connectivity index (χ0n) is 9.43. The number of carbonyl (C=O) groups is 1. The van der Waals surface area contributed by atoms with E-state index in [0.29, 0.717) is 4.47 Å². The van der Waals surface area contributed by atoms with Gasteiger partial charge >= 0.3 is 5.97 Å². The van der Waals surface area contributed by atoms with Gasteiger partial charge in [0.15, 0.2) is 0 Å². The molecule has 1 N–H and O–H groups in total. The number of nitrogens with zero attached hydrogens (tertiary/aromatic N) is 1. The van der Waals surface area contributed by atoms with Crippen LogP contribution in [0, 0.1) is 0 Å². The first-order valence-corrected chi connectivity index (χ1v) is 6.02. The van der Waals surface area contributed by atoms with Gasteiger partial charge < -0.3 is 14.4 Å². The van der Waals surface area contributed by atoms with Gasteiger partial charge in [-0.05, 0) is 35.0 Å². The molecule has 0 saturated heterocycles. The fraction of sp³-hybridized carbons (Fsp3) is 0.455.